The summed E-state index contributed by atoms with van der Waals surface area (Å²) in [5.74, 6) is 1.13. The van der Waals surface area contributed by atoms with Gasteiger partial charge in [-0.15, -0.1) is 12.4 Å². The molecule has 0 spiro atoms. The molecule has 0 aliphatic carbocycles. The van der Waals surface area contributed by atoms with Gasteiger partial charge >= 0.3 is 0 Å². The first-order valence-corrected chi connectivity index (χ1v) is 8.36. The number of amides is 1. The maximum absolute atomic E-state index is 12.1. The van der Waals surface area contributed by atoms with Crippen LogP contribution in [0.2, 0.25) is 0 Å². The Morgan fingerprint density at radius 3 is 2.58 bits per heavy atom. The van der Waals surface area contributed by atoms with Gasteiger partial charge in [-0.05, 0) is 56.6 Å². The summed E-state index contributed by atoms with van der Waals surface area (Å²) in [6, 6.07) is 7.28. The molecule has 2 rings (SSSR count). The van der Waals surface area contributed by atoms with E-state index < -0.39 is 0 Å². The fourth-order valence-corrected chi connectivity index (χ4v) is 2.78. The summed E-state index contributed by atoms with van der Waals surface area (Å²) in [7, 11) is 0. The molecule has 2 unspecified atom stereocenters. The van der Waals surface area contributed by atoms with Gasteiger partial charge in [-0.3, -0.25) is 9.59 Å². The Morgan fingerprint density at radius 2 is 1.96 bits per heavy atom. The van der Waals surface area contributed by atoms with Gasteiger partial charge in [0.05, 0.1) is 6.61 Å². The molecule has 1 aliphatic rings. The van der Waals surface area contributed by atoms with Gasteiger partial charge < -0.3 is 15.4 Å². The first-order valence-electron chi connectivity index (χ1n) is 8.36. The second-order valence-electron chi connectivity index (χ2n) is 6.02. The minimum absolute atomic E-state index is 0. The zero-order chi connectivity index (χ0) is 16.7. The number of nitrogens with one attached hydrogen (secondary N) is 2. The maximum Gasteiger partial charge on any atom is 0.220 e. The van der Waals surface area contributed by atoms with E-state index in [1.165, 1.54) is 0 Å². The molecule has 1 fully saturated rings. The van der Waals surface area contributed by atoms with Crippen LogP contribution in [-0.4, -0.2) is 37.4 Å². The third kappa shape index (κ3) is 6.13. The zero-order valence-electron chi connectivity index (χ0n) is 14.3. The molecule has 1 saturated heterocycles. The van der Waals surface area contributed by atoms with Crippen molar-refractivity contribution in [3.63, 3.8) is 0 Å². The molecule has 0 radical (unpaired) electrons. The number of carbonyl (C=O) groups excluding carboxylic acids is 2. The van der Waals surface area contributed by atoms with Crippen LogP contribution in [0.5, 0.6) is 5.75 Å². The van der Waals surface area contributed by atoms with Crippen LogP contribution in [-0.2, 0) is 4.79 Å². The second kappa shape index (κ2) is 10.3. The summed E-state index contributed by atoms with van der Waals surface area (Å²) in [6.07, 6.45) is 1.42. The molecule has 1 aromatic carbocycles. The Hall–Kier alpha value is -1.59. The Labute approximate surface area is 149 Å². The molecule has 1 heterocycles. The topological polar surface area (TPSA) is 67.4 Å². The number of hydrogen-bond donors (Lipinski definition) is 2. The van der Waals surface area contributed by atoms with Gasteiger partial charge in [0.2, 0.25) is 5.91 Å². The quantitative estimate of drug-likeness (QED) is 0.738. The summed E-state index contributed by atoms with van der Waals surface area (Å²) in [6.45, 7) is 6.50. The van der Waals surface area contributed by atoms with E-state index in [2.05, 4.69) is 17.6 Å². The Morgan fingerprint density at radius 1 is 1.25 bits per heavy atom. The van der Waals surface area contributed by atoms with Crippen LogP contribution in [0.4, 0.5) is 0 Å². The number of piperidine rings is 1. The molecule has 6 heteroatoms. The van der Waals surface area contributed by atoms with E-state index in [9.17, 15) is 9.59 Å². The van der Waals surface area contributed by atoms with Gasteiger partial charge in [-0.25, -0.2) is 0 Å². The number of Topliss-reactive ketones (excluding diaryl/α,β-unsaturated/α-hetero) is 1. The minimum Gasteiger partial charge on any atom is -0.494 e. The van der Waals surface area contributed by atoms with E-state index in [1.807, 2.05) is 6.92 Å². The monoisotopic (exact) mass is 354 g/mol. The van der Waals surface area contributed by atoms with Crippen LogP contribution in [0.15, 0.2) is 24.3 Å². The standard InChI is InChI=1S/C18H26N2O3.ClH/c1-3-23-15-6-4-14(5-7-15)17(21)8-9-18(22)20-16-10-11-19-12-13(16)2;/h4-7,13,16,19H,3,8-12H2,1-2H3,(H,20,22);1H. The highest BCUT2D eigenvalue weighted by Gasteiger charge is 2.22. The number of benzene rings is 1. The van der Waals surface area contributed by atoms with Crippen molar-refractivity contribution < 1.29 is 14.3 Å². The molecule has 2 atom stereocenters. The van der Waals surface area contributed by atoms with E-state index in [-0.39, 0.29) is 43.0 Å². The van der Waals surface area contributed by atoms with Crippen molar-refractivity contribution in [3.8, 4) is 5.75 Å². The third-order valence-corrected chi connectivity index (χ3v) is 4.20. The molecular formula is C18H27ClN2O3. The number of carbonyl (C=O) groups is 2. The van der Waals surface area contributed by atoms with Crippen molar-refractivity contribution in [1.82, 2.24) is 10.6 Å². The van der Waals surface area contributed by atoms with E-state index >= 15 is 0 Å². The SMILES string of the molecule is CCOc1ccc(C(=O)CCC(=O)NC2CCNCC2C)cc1.Cl. The van der Waals surface area contributed by atoms with Gasteiger partial charge in [0.25, 0.3) is 0 Å². The third-order valence-electron chi connectivity index (χ3n) is 4.20. The molecule has 1 aliphatic heterocycles. The molecule has 1 amide bonds. The van der Waals surface area contributed by atoms with Crippen molar-refractivity contribution in [2.75, 3.05) is 19.7 Å². The van der Waals surface area contributed by atoms with Crippen LogP contribution in [0.1, 0.15) is 43.5 Å². The second-order valence-corrected chi connectivity index (χ2v) is 6.02. The molecule has 5 nitrogen and oxygen atoms in total. The lowest BCUT2D eigenvalue weighted by Gasteiger charge is -2.30. The number of ether oxygens (including phenoxy) is 1. The predicted octanol–water partition coefficient (Wildman–Crippen LogP) is 2.58. The molecule has 2 N–H and O–H groups in total. The van der Waals surface area contributed by atoms with Crippen molar-refractivity contribution >= 4 is 24.1 Å². The normalized spacial score (nSPS) is 19.9. The van der Waals surface area contributed by atoms with Gasteiger partial charge in [-0.1, -0.05) is 6.92 Å². The van der Waals surface area contributed by atoms with E-state index in [0.717, 1.165) is 25.3 Å². The molecule has 0 saturated carbocycles. The molecule has 0 bridgehead atoms. The number of halogens is 1. The minimum atomic E-state index is -0.0389. The van der Waals surface area contributed by atoms with E-state index in [0.29, 0.717) is 18.1 Å². The van der Waals surface area contributed by atoms with E-state index in [1.54, 1.807) is 24.3 Å². The van der Waals surface area contributed by atoms with Crippen molar-refractivity contribution in [1.29, 1.82) is 0 Å². The predicted molar refractivity (Wildman–Crippen MR) is 97.0 cm³/mol. The van der Waals surface area contributed by atoms with Crippen molar-refractivity contribution in [3.05, 3.63) is 29.8 Å². The Kier molecular flexibility index (Phi) is 8.79. The van der Waals surface area contributed by atoms with Crippen LogP contribution >= 0.6 is 12.4 Å². The highest BCUT2D eigenvalue weighted by Crippen LogP contribution is 2.14. The fraction of sp³-hybridized carbons (Fsp3) is 0.556. The number of hydrogen-bond acceptors (Lipinski definition) is 4. The lowest BCUT2D eigenvalue weighted by molar-refractivity contribution is -0.122. The first kappa shape index (κ1) is 20.5. The summed E-state index contributed by atoms with van der Waals surface area (Å²) < 4.78 is 5.35. The number of rotatable bonds is 7. The van der Waals surface area contributed by atoms with Crippen molar-refractivity contribution in [2.24, 2.45) is 5.92 Å². The van der Waals surface area contributed by atoms with Gasteiger partial charge in [-0.2, -0.15) is 0 Å². The Balaban J connectivity index is 0.00000288. The molecule has 134 valence electrons. The first-order chi connectivity index (χ1) is 11.1. The van der Waals surface area contributed by atoms with E-state index in [4.69, 9.17) is 4.74 Å². The molecule has 24 heavy (non-hydrogen) atoms. The highest BCUT2D eigenvalue weighted by atomic mass is 35.5. The van der Waals surface area contributed by atoms with Crippen LogP contribution in [0, 0.1) is 5.92 Å². The molecule has 0 aromatic heterocycles. The van der Waals surface area contributed by atoms with Crippen LogP contribution in [0.25, 0.3) is 0 Å². The fourth-order valence-electron chi connectivity index (χ4n) is 2.78. The summed E-state index contributed by atoms with van der Waals surface area (Å²) in [5, 5.41) is 6.36. The number of ketones is 1. The van der Waals surface area contributed by atoms with Gasteiger partial charge in [0, 0.05) is 24.4 Å². The van der Waals surface area contributed by atoms with Gasteiger partial charge in [0.1, 0.15) is 5.75 Å². The highest BCUT2D eigenvalue weighted by molar-refractivity contribution is 5.98. The zero-order valence-corrected chi connectivity index (χ0v) is 15.2. The average molecular weight is 355 g/mol. The summed E-state index contributed by atoms with van der Waals surface area (Å²) >= 11 is 0. The van der Waals surface area contributed by atoms with Crippen LogP contribution < -0.4 is 15.4 Å². The molecular weight excluding hydrogens is 328 g/mol. The lowest BCUT2D eigenvalue weighted by Crippen LogP contribution is -2.48. The lowest BCUT2D eigenvalue weighted by atomic mass is 9.95. The maximum atomic E-state index is 12.1. The van der Waals surface area contributed by atoms with Gasteiger partial charge in [0.15, 0.2) is 5.78 Å². The Bertz CT molecular complexity index is 534. The van der Waals surface area contributed by atoms with Crippen LogP contribution in [0.3, 0.4) is 0 Å². The smallest absolute Gasteiger partial charge is 0.220 e. The molecule has 1 aromatic rings. The summed E-state index contributed by atoms with van der Waals surface area (Å²) in [4.78, 5) is 24.2. The average Bonchev–Trinajstić information content (AvgIpc) is 2.56. The summed E-state index contributed by atoms with van der Waals surface area (Å²) in [5.41, 5.74) is 0.622. The largest absolute Gasteiger partial charge is 0.494 e. The van der Waals surface area contributed by atoms with Crippen molar-refractivity contribution in [2.45, 2.75) is 39.2 Å².